The van der Waals surface area contributed by atoms with Crippen LogP contribution < -0.4 is 5.32 Å². The highest BCUT2D eigenvalue weighted by Gasteiger charge is 2.25. The fraction of sp³-hybridized carbons (Fsp3) is 0.353. The molecule has 0 spiro atoms. The van der Waals surface area contributed by atoms with Gasteiger partial charge >= 0.3 is 5.97 Å². The van der Waals surface area contributed by atoms with E-state index in [1.807, 2.05) is 6.92 Å². The SMILES string of the molecule is CCc1noc(C)c1C(=O)O[C@H](C)C(=O)Nc1ccc(C)c(F)c1. The van der Waals surface area contributed by atoms with Crippen molar-refractivity contribution in [2.24, 2.45) is 0 Å². The number of esters is 1. The third-order valence-corrected chi connectivity index (χ3v) is 3.56. The van der Waals surface area contributed by atoms with Gasteiger partial charge in [0.2, 0.25) is 0 Å². The van der Waals surface area contributed by atoms with Crippen LogP contribution in [0.2, 0.25) is 0 Å². The largest absolute Gasteiger partial charge is 0.449 e. The van der Waals surface area contributed by atoms with Gasteiger partial charge in [0.05, 0.1) is 5.69 Å². The van der Waals surface area contributed by atoms with Crippen LogP contribution in [-0.4, -0.2) is 23.1 Å². The number of amides is 1. The van der Waals surface area contributed by atoms with E-state index in [1.54, 1.807) is 26.0 Å². The summed E-state index contributed by atoms with van der Waals surface area (Å²) in [5.74, 6) is -1.32. The van der Waals surface area contributed by atoms with Crippen LogP contribution in [-0.2, 0) is 16.0 Å². The van der Waals surface area contributed by atoms with Crippen molar-refractivity contribution in [1.82, 2.24) is 5.16 Å². The van der Waals surface area contributed by atoms with Crippen LogP contribution in [0, 0.1) is 19.7 Å². The van der Waals surface area contributed by atoms with Gasteiger partial charge in [-0.15, -0.1) is 0 Å². The second-order valence-electron chi connectivity index (χ2n) is 5.41. The maximum Gasteiger partial charge on any atom is 0.344 e. The van der Waals surface area contributed by atoms with Gasteiger partial charge in [-0.05, 0) is 44.9 Å². The minimum absolute atomic E-state index is 0.235. The monoisotopic (exact) mass is 334 g/mol. The zero-order valence-electron chi connectivity index (χ0n) is 14.0. The lowest BCUT2D eigenvalue weighted by atomic mass is 10.1. The summed E-state index contributed by atoms with van der Waals surface area (Å²) in [4.78, 5) is 24.3. The molecule has 6 nitrogen and oxygen atoms in total. The standard InChI is InChI=1S/C17H19FN2O4/c1-5-14-15(10(3)24-20-14)17(22)23-11(4)16(21)19-12-7-6-9(2)13(18)8-12/h6-8,11H,5H2,1-4H3,(H,19,21)/t11-/m1/s1. The molecule has 0 saturated carbocycles. The Bertz CT molecular complexity index is 770. The molecule has 2 aromatic rings. The highest BCUT2D eigenvalue weighted by Crippen LogP contribution is 2.17. The maximum absolute atomic E-state index is 13.5. The van der Waals surface area contributed by atoms with Crippen molar-refractivity contribution in [2.45, 2.75) is 40.2 Å². The molecule has 0 aliphatic rings. The van der Waals surface area contributed by atoms with E-state index in [0.29, 0.717) is 29.1 Å². The zero-order chi connectivity index (χ0) is 17.9. The fourth-order valence-corrected chi connectivity index (χ4v) is 2.11. The number of aromatic nitrogens is 1. The molecule has 24 heavy (non-hydrogen) atoms. The number of carbonyl (C=O) groups excluding carboxylic acids is 2. The molecule has 1 N–H and O–H groups in total. The van der Waals surface area contributed by atoms with E-state index < -0.39 is 23.8 Å². The third-order valence-electron chi connectivity index (χ3n) is 3.56. The van der Waals surface area contributed by atoms with Crippen molar-refractivity contribution < 1.29 is 23.2 Å². The van der Waals surface area contributed by atoms with Crippen LogP contribution in [0.25, 0.3) is 0 Å². The van der Waals surface area contributed by atoms with Gasteiger partial charge in [-0.3, -0.25) is 4.79 Å². The lowest BCUT2D eigenvalue weighted by molar-refractivity contribution is -0.123. The minimum atomic E-state index is -1.05. The predicted molar refractivity (Wildman–Crippen MR) is 85.3 cm³/mol. The summed E-state index contributed by atoms with van der Waals surface area (Å²) in [6, 6.07) is 4.33. The molecule has 1 atom stereocenters. The third kappa shape index (κ3) is 3.79. The van der Waals surface area contributed by atoms with E-state index >= 15 is 0 Å². The molecular formula is C17H19FN2O4. The van der Waals surface area contributed by atoms with E-state index in [9.17, 15) is 14.0 Å². The topological polar surface area (TPSA) is 81.4 Å². The molecule has 0 bridgehead atoms. The number of aryl methyl sites for hydroxylation is 3. The first-order valence-electron chi connectivity index (χ1n) is 7.56. The molecular weight excluding hydrogens is 315 g/mol. The lowest BCUT2D eigenvalue weighted by Crippen LogP contribution is -2.30. The summed E-state index contributed by atoms with van der Waals surface area (Å²) in [7, 11) is 0. The highest BCUT2D eigenvalue weighted by molar-refractivity contribution is 5.98. The average molecular weight is 334 g/mol. The normalized spacial score (nSPS) is 11.9. The van der Waals surface area contributed by atoms with Crippen molar-refractivity contribution in [1.29, 1.82) is 0 Å². The molecule has 1 aromatic heterocycles. The number of rotatable bonds is 5. The van der Waals surface area contributed by atoms with Gasteiger partial charge in [0.1, 0.15) is 17.1 Å². The Labute approximate surface area is 139 Å². The summed E-state index contributed by atoms with van der Waals surface area (Å²) in [6.45, 7) is 6.49. The first-order valence-corrected chi connectivity index (χ1v) is 7.56. The summed E-state index contributed by atoms with van der Waals surface area (Å²) in [6.07, 6.45) is -0.550. The van der Waals surface area contributed by atoms with Gasteiger partial charge in [0.15, 0.2) is 6.10 Å². The first kappa shape index (κ1) is 17.7. The lowest BCUT2D eigenvalue weighted by Gasteiger charge is -2.14. The van der Waals surface area contributed by atoms with Crippen LogP contribution in [0.3, 0.4) is 0 Å². The molecule has 0 aliphatic carbocycles. The zero-order valence-corrected chi connectivity index (χ0v) is 14.0. The van der Waals surface area contributed by atoms with Gasteiger partial charge in [0, 0.05) is 5.69 Å². The van der Waals surface area contributed by atoms with Crippen LogP contribution in [0.5, 0.6) is 0 Å². The first-order chi connectivity index (χ1) is 11.3. The predicted octanol–water partition coefficient (Wildman–Crippen LogP) is 3.18. The van der Waals surface area contributed by atoms with E-state index in [4.69, 9.17) is 9.26 Å². The average Bonchev–Trinajstić information content (AvgIpc) is 2.91. The number of halogens is 1. The molecule has 1 heterocycles. The quantitative estimate of drug-likeness (QED) is 0.849. The number of carbonyl (C=O) groups is 2. The molecule has 0 saturated heterocycles. The number of anilines is 1. The summed E-state index contributed by atoms with van der Waals surface area (Å²) >= 11 is 0. The van der Waals surface area contributed by atoms with Gasteiger partial charge in [-0.2, -0.15) is 0 Å². The number of hydrogen-bond donors (Lipinski definition) is 1. The van der Waals surface area contributed by atoms with Crippen molar-refractivity contribution in [3.05, 3.63) is 46.6 Å². The number of hydrogen-bond acceptors (Lipinski definition) is 5. The van der Waals surface area contributed by atoms with Crippen LogP contribution in [0.4, 0.5) is 10.1 Å². The molecule has 0 unspecified atom stereocenters. The molecule has 2 rings (SSSR count). The smallest absolute Gasteiger partial charge is 0.344 e. The Morgan fingerprint density at radius 1 is 1.38 bits per heavy atom. The Morgan fingerprint density at radius 2 is 2.08 bits per heavy atom. The second-order valence-corrected chi connectivity index (χ2v) is 5.41. The van der Waals surface area contributed by atoms with Crippen molar-refractivity contribution >= 4 is 17.6 Å². The summed E-state index contributed by atoms with van der Waals surface area (Å²) < 4.78 is 23.6. The van der Waals surface area contributed by atoms with Crippen LogP contribution >= 0.6 is 0 Å². The molecule has 0 radical (unpaired) electrons. The Kier molecular flexibility index (Phi) is 5.33. The van der Waals surface area contributed by atoms with E-state index in [0.717, 1.165) is 0 Å². The molecule has 0 aliphatic heterocycles. The number of ether oxygens (including phenoxy) is 1. The van der Waals surface area contributed by atoms with E-state index in [2.05, 4.69) is 10.5 Å². The summed E-state index contributed by atoms with van der Waals surface area (Å²) in [5.41, 5.74) is 1.48. The van der Waals surface area contributed by atoms with Crippen molar-refractivity contribution in [2.75, 3.05) is 5.32 Å². The fourth-order valence-electron chi connectivity index (χ4n) is 2.11. The Morgan fingerprint density at radius 3 is 2.71 bits per heavy atom. The molecule has 7 heteroatoms. The van der Waals surface area contributed by atoms with E-state index in [-0.39, 0.29) is 5.56 Å². The second kappa shape index (κ2) is 7.25. The minimum Gasteiger partial charge on any atom is -0.449 e. The molecule has 0 fully saturated rings. The number of benzene rings is 1. The van der Waals surface area contributed by atoms with Gasteiger partial charge in [-0.25, -0.2) is 9.18 Å². The highest BCUT2D eigenvalue weighted by atomic mass is 19.1. The van der Waals surface area contributed by atoms with Gasteiger partial charge in [0.25, 0.3) is 5.91 Å². The Balaban J connectivity index is 2.04. The number of nitrogens with zero attached hydrogens (tertiary/aromatic N) is 1. The van der Waals surface area contributed by atoms with Crippen molar-refractivity contribution in [3.8, 4) is 0 Å². The molecule has 1 aromatic carbocycles. The van der Waals surface area contributed by atoms with Crippen LogP contribution in [0.15, 0.2) is 22.7 Å². The van der Waals surface area contributed by atoms with Crippen LogP contribution in [0.1, 0.15) is 41.2 Å². The maximum atomic E-state index is 13.5. The molecule has 128 valence electrons. The van der Waals surface area contributed by atoms with Gasteiger partial charge < -0.3 is 14.6 Å². The van der Waals surface area contributed by atoms with Crippen molar-refractivity contribution in [3.63, 3.8) is 0 Å². The van der Waals surface area contributed by atoms with E-state index in [1.165, 1.54) is 13.0 Å². The summed E-state index contributed by atoms with van der Waals surface area (Å²) in [5, 5.41) is 6.28. The van der Waals surface area contributed by atoms with Gasteiger partial charge in [-0.1, -0.05) is 18.1 Å². The molecule has 1 amide bonds. The number of nitrogens with one attached hydrogen (secondary N) is 1. The Hall–Kier alpha value is -2.70.